The summed E-state index contributed by atoms with van der Waals surface area (Å²) in [5.74, 6) is -0.417. The Hall–Kier alpha value is -0.120. The minimum Gasteiger partial charge on any atom is -0.292 e. The maximum Gasteiger partial charge on any atom is 0.257 e. The number of likely N-dealkylation sites (N-methyl/N-ethyl adjacent to an activating group) is 1. The lowest BCUT2D eigenvalue weighted by Gasteiger charge is -1.89. The van der Waals surface area contributed by atoms with E-state index >= 15 is 0 Å². The van der Waals surface area contributed by atoms with Crippen LogP contribution in [0.5, 0.6) is 0 Å². The predicted octanol–water partition coefficient (Wildman–Crippen LogP) is -2.53. The van der Waals surface area contributed by atoms with Gasteiger partial charge in [0.05, 0.1) is 7.05 Å². The summed E-state index contributed by atoms with van der Waals surface area (Å²) in [6.45, 7) is 2.04. The average Bonchev–Trinajstić information content (AvgIpc) is 1.91. The van der Waals surface area contributed by atoms with Crippen molar-refractivity contribution in [1.82, 2.24) is 0 Å². The molecule has 0 saturated carbocycles. The first-order valence-electron chi connectivity index (χ1n) is 2.48. The maximum absolute atomic E-state index is 5.49. The summed E-state index contributed by atoms with van der Waals surface area (Å²) in [6, 6.07) is 0.437. The van der Waals surface area contributed by atoms with E-state index in [1.165, 1.54) is 4.90 Å². The molecule has 1 aliphatic heterocycles. The number of quaternary nitrogens is 1. The highest BCUT2D eigenvalue weighted by Crippen LogP contribution is 1.98. The number of hydrogen-bond acceptors (Lipinski definition) is 2. The summed E-state index contributed by atoms with van der Waals surface area (Å²) in [4.78, 5) is 1.22. The van der Waals surface area contributed by atoms with Crippen LogP contribution < -0.4 is 16.4 Å². The molecule has 1 saturated heterocycles. The van der Waals surface area contributed by atoms with Crippen molar-refractivity contribution in [2.75, 3.05) is 7.05 Å². The van der Waals surface area contributed by atoms with Crippen molar-refractivity contribution in [3.63, 3.8) is 0 Å². The molecule has 1 heterocycles. The van der Waals surface area contributed by atoms with Crippen LogP contribution in [0.3, 0.4) is 0 Å². The molecular formula is C4H12N3+. The second-order valence-corrected chi connectivity index (χ2v) is 2.34. The summed E-state index contributed by atoms with van der Waals surface area (Å²) in [5, 5.41) is 0. The van der Waals surface area contributed by atoms with E-state index in [9.17, 15) is 0 Å². The number of nitrogens with two attached hydrogens (primary N) is 2. The molecule has 2 atom stereocenters. The van der Waals surface area contributed by atoms with E-state index in [2.05, 4.69) is 0 Å². The van der Waals surface area contributed by atoms with E-state index < -0.39 is 5.79 Å². The Morgan fingerprint density at radius 2 is 1.71 bits per heavy atom. The van der Waals surface area contributed by atoms with Gasteiger partial charge in [0.1, 0.15) is 0 Å². The van der Waals surface area contributed by atoms with Crippen LogP contribution >= 0.6 is 0 Å². The molecule has 1 rings (SSSR count). The van der Waals surface area contributed by atoms with E-state index in [1.807, 2.05) is 14.0 Å². The van der Waals surface area contributed by atoms with E-state index in [0.29, 0.717) is 6.04 Å². The SMILES string of the molecule is CC1[NH+](C)C1(N)N. The Balaban J connectivity index is 2.52. The third-order valence-electron chi connectivity index (χ3n) is 1.97. The van der Waals surface area contributed by atoms with Gasteiger partial charge >= 0.3 is 0 Å². The van der Waals surface area contributed by atoms with Crippen LogP contribution in [0.4, 0.5) is 0 Å². The second-order valence-electron chi connectivity index (χ2n) is 2.34. The predicted molar refractivity (Wildman–Crippen MR) is 27.5 cm³/mol. The van der Waals surface area contributed by atoms with Gasteiger partial charge in [0.2, 0.25) is 0 Å². The maximum atomic E-state index is 5.49. The third kappa shape index (κ3) is 0.459. The zero-order valence-corrected chi connectivity index (χ0v) is 4.73. The Bertz CT molecular complexity index is 78.9. The first-order chi connectivity index (χ1) is 3.07. The molecule has 0 aromatic rings. The Morgan fingerprint density at radius 3 is 1.71 bits per heavy atom. The molecule has 0 bridgehead atoms. The monoisotopic (exact) mass is 102 g/mol. The molecule has 1 fully saturated rings. The van der Waals surface area contributed by atoms with Crippen molar-refractivity contribution in [3.05, 3.63) is 0 Å². The zero-order chi connectivity index (χ0) is 5.65. The van der Waals surface area contributed by atoms with Crippen LogP contribution in [0.15, 0.2) is 0 Å². The third-order valence-corrected chi connectivity index (χ3v) is 1.97. The van der Waals surface area contributed by atoms with Crippen molar-refractivity contribution in [2.45, 2.75) is 18.8 Å². The van der Waals surface area contributed by atoms with Gasteiger partial charge in [-0.15, -0.1) is 0 Å². The molecule has 7 heavy (non-hydrogen) atoms. The summed E-state index contributed by atoms with van der Waals surface area (Å²) >= 11 is 0. The first-order valence-corrected chi connectivity index (χ1v) is 2.48. The van der Waals surface area contributed by atoms with Gasteiger partial charge in [-0.25, -0.2) is 0 Å². The summed E-state index contributed by atoms with van der Waals surface area (Å²) in [6.07, 6.45) is 0. The van der Waals surface area contributed by atoms with Crippen LogP contribution in [0.2, 0.25) is 0 Å². The lowest BCUT2D eigenvalue weighted by Crippen LogP contribution is -2.98. The van der Waals surface area contributed by atoms with E-state index in [4.69, 9.17) is 11.5 Å². The molecule has 5 N–H and O–H groups in total. The molecule has 0 aliphatic carbocycles. The number of hydrogen-bond donors (Lipinski definition) is 3. The zero-order valence-electron chi connectivity index (χ0n) is 4.73. The fourth-order valence-electron chi connectivity index (χ4n) is 0.717. The highest BCUT2D eigenvalue weighted by atomic mass is 15.5. The lowest BCUT2D eigenvalue weighted by molar-refractivity contribution is -0.781. The Labute approximate surface area is 43.3 Å². The van der Waals surface area contributed by atoms with Gasteiger partial charge in [0.15, 0.2) is 6.04 Å². The van der Waals surface area contributed by atoms with Crippen LogP contribution in [0.25, 0.3) is 0 Å². The van der Waals surface area contributed by atoms with Crippen molar-refractivity contribution >= 4 is 0 Å². The highest BCUT2D eigenvalue weighted by molar-refractivity contribution is 4.82. The smallest absolute Gasteiger partial charge is 0.257 e. The van der Waals surface area contributed by atoms with Gasteiger partial charge in [0, 0.05) is 0 Å². The fraction of sp³-hybridized carbons (Fsp3) is 1.00. The van der Waals surface area contributed by atoms with E-state index in [0.717, 1.165) is 0 Å². The van der Waals surface area contributed by atoms with Gasteiger partial charge in [-0.3, -0.25) is 16.4 Å². The summed E-state index contributed by atoms with van der Waals surface area (Å²) in [5.41, 5.74) is 11.0. The first kappa shape index (κ1) is 5.03. The van der Waals surface area contributed by atoms with Gasteiger partial charge < -0.3 is 0 Å². The standard InChI is InChI=1S/C4H11N3/c1-3-4(5,6)7(3)2/h3H,5-6H2,1-2H3/p+1. The molecule has 2 unspecified atom stereocenters. The number of rotatable bonds is 0. The van der Waals surface area contributed by atoms with Crippen molar-refractivity contribution in [1.29, 1.82) is 0 Å². The molecule has 0 aromatic heterocycles. The molecule has 0 radical (unpaired) electrons. The fourth-order valence-corrected chi connectivity index (χ4v) is 0.717. The van der Waals surface area contributed by atoms with Crippen molar-refractivity contribution in [3.8, 4) is 0 Å². The Kier molecular flexibility index (Phi) is 0.712. The molecule has 0 spiro atoms. The normalized spacial score (nSPS) is 46.3. The second kappa shape index (κ2) is 0.992. The number of nitrogens with one attached hydrogen (secondary N) is 1. The van der Waals surface area contributed by atoms with Gasteiger partial charge in [-0.1, -0.05) is 0 Å². The Morgan fingerprint density at radius 1 is 1.57 bits per heavy atom. The minimum atomic E-state index is -0.417. The van der Waals surface area contributed by atoms with E-state index in [1.54, 1.807) is 0 Å². The highest BCUT2D eigenvalue weighted by Gasteiger charge is 2.58. The summed E-state index contributed by atoms with van der Waals surface area (Å²) in [7, 11) is 1.99. The van der Waals surface area contributed by atoms with Gasteiger partial charge in [-0.2, -0.15) is 0 Å². The molecule has 3 nitrogen and oxygen atoms in total. The van der Waals surface area contributed by atoms with Crippen molar-refractivity contribution < 1.29 is 4.90 Å². The van der Waals surface area contributed by atoms with E-state index in [-0.39, 0.29) is 0 Å². The lowest BCUT2D eigenvalue weighted by atomic mass is 10.4. The van der Waals surface area contributed by atoms with Crippen LogP contribution in [-0.2, 0) is 0 Å². The topological polar surface area (TPSA) is 56.5 Å². The molecule has 0 amide bonds. The van der Waals surface area contributed by atoms with Crippen LogP contribution in [-0.4, -0.2) is 18.9 Å². The molecular weight excluding hydrogens is 90.1 g/mol. The van der Waals surface area contributed by atoms with Crippen LogP contribution in [0.1, 0.15) is 6.92 Å². The van der Waals surface area contributed by atoms with Gasteiger partial charge in [-0.05, 0) is 6.92 Å². The molecule has 0 aromatic carbocycles. The molecule has 3 heteroatoms. The molecule has 1 aliphatic rings. The molecule has 42 valence electrons. The van der Waals surface area contributed by atoms with Crippen molar-refractivity contribution in [2.24, 2.45) is 11.5 Å². The van der Waals surface area contributed by atoms with Gasteiger partial charge in [0.25, 0.3) is 5.79 Å². The summed E-state index contributed by atoms with van der Waals surface area (Å²) < 4.78 is 0. The largest absolute Gasteiger partial charge is 0.292 e. The quantitative estimate of drug-likeness (QED) is 0.233. The van der Waals surface area contributed by atoms with Crippen LogP contribution in [0, 0.1) is 0 Å². The average molecular weight is 102 g/mol. The minimum absolute atomic E-state index is 0.417.